The number of halogens is 1. The molecule has 2 amide bonds. The summed E-state index contributed by atoms with van der Waals surface area (Å²) in [5.74, 6) is 0.421. The van der Waals surface area contributed by atoms with Gasteiger partial charge >= 0.3 is 0 Å². The molecule has 6 nitrogen and oxygen atoms in total. The number of nitrogens with one attached hydrogen (secondary N) is 1. The molecule has 2 aliphatic rings. The average molecular weight is 468 g/mol. The predicted molar refractivity (Wildman–Crippen MR) is 130 cm³/mol. The van der Waals surface area contributed by atoms with Crippen LogP contribution in [0.1, 0.15) is 67.3 Å². The third-order valence-electron chi connectivity index (χ3n) is 7.19. The Morgan fingerprint density at radius 3 is 2.58 bits per heavy atom. The molecular weight excluding hydrogens is 438 g/mol. The lowest BCUT2D eigenvalue weighted by Gasteiger charge is -2.45. The zero-order valence-corrected chi connectivity index (χ0v) is 20.2. The highest BCUT2D eigenvalue weighted by molar-refractivity contribution is 6.31. The van der Waals surface area contributed by atoms with Crippen LogP contribution in [0.4, 0.5) is 5.69 Å². The summed E-state index contributed by atoms with van der Waals surface area (Å²) in [6, 6.07) is 9.31. The van der Waals surface area contributed by atoms with E-state index in [9.17, 15) is 9.59 Å². The molecule has 174 valence electrons. The van der Waals surface area contributed by atoms with Crippen LogP contribution in [0.2, 0.25) is 5.02 Å². The fraction of sp³-hybridized carbons (Fsp3) is 0.462. The first-order valence-corrected chi connectivity index (χ1v) is 12.2. The van der Waals surface area contributed by atoms with Crippen LogP contribution in [-0.2, 0) is 11.3 Å². The van der Waals surface area contributed by atoms with Crippen molar-refractivity contribution in [2.75, 3.05) is 4.90 Å². The molecule has 33 heavy (non-hydrogen) atoms. The SMILES string of the molecule is Cc1cc2c(cc3n2C[C@](C)(C(=O)NC2CCCCCC2)N(c2cc(Cl)ccc2C)C3=O)o1. The van der Waals surface area contributed by atoms with Crippen molar-refractivity contribution in [3.05, 3.63) is 52.4 Å². The molecule has 1 saturated carbocycles. The Balaban J connectivity index is 1.62. The van der Waals surface area contributed by atoms with Gasteiger partial charge in [0.2, 0.25) is 5.91 Å². The molecule has 0 spiro atoms. The quantitative estimate of drug-likeness (QED) is 0.498. The largest absolute Gasteiger partial charge is 0.460 e. The number of hydrogen-bond donors (Lipinski definition) is 1. The number of nitrogens with zero attached hydrogens (tertiary/aromatic N) is 2. The number of anilines is 1. The predicted octanol–water partition coefficient (Wildman–Crippen LogP) is 5.76. The zero-order chi connectivity index (χ0) is 23.3. The fourth-order valence-electron chi connectivity index (χ4n) is 5.37. The average Bonchev–Trinajstić information content (AvgIpc) is 3.16. The number of aryl methyl sites for hydroxylation is 2. The molecule has 0 radical (unpaired) electrons. The topological polar surface area (TPSA) is 67.5 Å². The Hall–Kier alpha value is -2.73. The summed E-state index contributed by atoms with van der Waals surface area (Å²) in [5.41, 5.74) is 2.44. The van der Waals surface area contributed by atoms with Gasteiger partial charge in [0.25, 0.3) is 5.91 Å². The van der Waals surface area contributed by atoms with Crippen LogP contribution in [0.3, 0.4) is 0 Å². The number of carbonyl (C=O) groups is 2. The van der Waals surface area contributed by atoms with Gasteiger partial charge in [0.1, 0.15) is 17.0 Å². The second-order valence-electron chi connectivity index (χ2n) is 9.73. The standard InChI is InChI=1S/C26H30ClN3O3/c1-16-10-11-18(27)13-20(16)30-24(31)22-14-23-21(12-17(2)33-23)29(22)15-26(30,3)25(32)28-19-8-6-4-5-7-9-19/h10-14,19H,4-9,15H2,1-3H3,(H,28,32)/t26-/m1/s1. The highest BCUT2D eigenvalue weighted by Gasteiger charge is 2.49. The maximum absolute atomic E-state index is 13.9. The van der Waals surface area contributed by atoms with E-state index in [2.05, 4.69) is 5.32 Å². The van der Waals surface area contributed by atoms with E-state index in [1.807, 2.05) is 37.5 Å². The van der Waals surface area contributed by atoms with Crippen LogP contribution in [-0.4, -0.2) is 28.0 Å². The Labute approximate surface area is 198 Å². The molecule has 7 heteroatoms. The molecule has 1 aromatic carbocycles. The van der Waals surface area contributed by atoms with Gasteiger partial charge in [-0.1, -0.05) is 43.4 Å². The van der Waals surface area contributed by atoms with Crippen molar-refractivity contribution in [3.63, 3.8) is 0 Å². The second kappa shape index (κ2) is 8.24. The summed E-state index contributed by atoms with van der Waals surface area (Å²) >= 11 is 6.34. The molecule has 0 bridgehead atoms. The molecule has 3 aromatic rings. The molecule has 1 N–H and O–H groups in total. The molecule has 2 aromatic heterocycles. The van der Waals surface area contributed by atoms with Crippen LogP contribution in [0.15, 0.2) is 34.7 Å². The van der Waals surface area contributed by atoms with Gasteiger partial charge in [-0.2, -0.15) is 0 Å². The first kappa shape index (κ1) is 22.1. The highest BCUT2D eigenvalue weighted by atomic mass is 35.5. The van der Waals surface area contributed by atoms with E-state index in [0.29, 0.717) is 28.5 Å². The van der Waals surface area contributed by atoms with Gasteiger partial charge in [0, 0.05) is 28.9 Å². The minimum atomic E-state index is -1.12. The molecule has 1 fully saturated rings. The maximum atomic E-state index is 13.9. The highest BCUT2D eigenvalue weighted by Crippen LogP contribution is 2.39. The Morgan fingerprint density at radius 1 is 1.12 bits per heavy atom. The molecule has 1 aliphatic heterocycles. The molecule has 1 aliphatic carbocycles. The smallest absolute Gasteiger partial charge is 0.276 e. The van der Waals surface area contributed by atoms with Gasteiger partial charge in [-0.25, -0.2) is 0 Å². The van der Waals surface area contributed by atoms with E-state index in [1.54, 1.807) is 23.1 Å². The molecule has 3 heterocycles. The van der Waals surface area contributed by atoms with Crippen LogP contribution in [0, 0.1) is 13.8 Å². The van der Waals surface area contributed by atoms with Crippen molar-refractivity contribution in [1.29, 1.82) is 0 Å². The molecular formula is C26H30ClN3O3. The number of benzene rings is 1. The first-order valence-electron chi connectivity index (χ1n) is 11.8. The van der Waals surface area contributed by atoms with E-state index in [4.69, 9.17) is 16.0 Å². The van der Waals surface area contributed by atoms with Crippen molar-refractivity contribution in [3.8, 4) is 0 Å². The number of carbonyl (C=O) groups excluding carboxylic acids is 2. The van der Waals surface area contributed by atoms with E-state index >= 15 is 0 Å². The number of amides is 2. The second-order valence-corrected chi connectivity index (χ2v) is 10.2. The molecule has 0 saturated heterocycles. The van der Waals surface area contributed by atoms with E-state index < -0.39 is 5.54 Å². The number of furan rings is 1. The maximum Gasteiger partial charge on any atom is 0.276 e. The van der Waals surface area contributed by atoms with Crippen LogP contribution in [0.5, 0.6) is 0 Å². The van der Waals surface area contributed by atoms with Gasteiger partial charge in [0.15, 0.2) is 5.58 Å². The summed E-state index contributed by atoms with van der Waals surface area (Å²) in [6.45, 7) is 6.02. The minimum absolute atomic E-state index is 0.130. The summed E-state index contributed by atoms with van der Waals surface area (Å²) in [7, 11) is 0. The van der Waals surface area contributed by atoms with Crippen molar-refractivity contribution in [2.24, 2.45) is 0 Å². The van der Waals surface area contributed by atoms with Crippen molar-refractivity contribution in [1.82, 2.24) is 9.88 Å². The number of hydrogen-bond acceptors (Lipinski definition) is 3. The van der Waals surface area contributed by atoms with Gasteiger partial charge in [-0.3, -0.25) is 14.5 Å². The summed E-state index contributed by atoms with van der Waals surface area (Å²) < 4.78 is 7.73. The summed E-state index contributed by atoms with van der Waals surface area (Å²) in [6.07, 6.45) is 6.61. The zero-order valence-electron chi connectivity index (χ0n) is 19.4. The number of aromatic nitrogens is 1. The Morgan fingerprint density at radius 2 is 1.85 bits per heavy atom. The number of fused-ring (bicyclic) bond motifs is 3. The van der Waals surface area contributed by atoms with Crippen molar-refractivity contribution in [2.45, 2.75) is 77.4 Å². The van der Waals surface area contributed by atoms with Crippen molar-refractivity contribution >= 4 is 40.2 Å². The lowest BCUT2D eigenvalue weighted by Crippen LogP contribution is -2.65. The van der Waals surface area contributed by atoms with Gasteiger partial charge in [-0.15, -0.1) is 0 Å². The Bertz CT molecular complexity index is 1240. The summed E-state index contributed by atoms with van der Waals surface area (Å²) in [5, 5.41) is 3.83. The third kappa shape index (κ3) is 3.74. The lowest BCUT2D eigenvalue weighted by atomic mass is 9.92. The number of rotatable bonds is 3. The molecule has 0 unspecified atom stereocenters. The van der Waals surface area contributed by atoms with E-state index in [-0.39, 0.29) is 17.9 Å². The van der Waals surface area contributed by atoms with Crippen LogP contribution >= 0.6 is 11.6 Å². The monoisotopic (exact) mass is 467 g/mol. The van der Waals surface area contributed by atoms with E-state index in [0.717, 1.165) is 42.5 Å². The van der Waals surface area contributed by atoms with Gasteiger partial charge < -0.3 is 14.3 Å². The normalized spacial score (nSPS) is 21.8. The molecule has 5 rings (SSSR count). The van der Waals surface area contributed by atoms with Gasteiger partial charge in [0.05, 0.1) is 12.1 Å². The molecule has 1 atom stereocenters. The Kier molecular flexibility index (Phi) is 5.52. The van der Waals surface area contributed by atoms with Crippen molar-refractivity contribution < 1.29 is 14.0 Å². The van der Waals surface area contributed by atoms with Crippen LogP contribution < -0.4 is 10.2 Å². The van der Waals surface area contributed by atoms with Crippen LogP contribution in [0.25, 0.3) is 11.1 Å². The minimum Gasteiger partial charge on any atom is -0.460 e. The first-order chi connectivity index (χ1) is 15.8. The lowest BCUT2D eigenvalue weighted by molar-refractivity contribution is -0.127. The summed E-state index contributed by atoms with van der Waals surface area (Å²) in [4.78, 5) is 29.5. The fourth-order valence-corrected chi connectivity index (χ4v) is 5.53. The van der Waals surface area contributed by atoms with E-state index in [1.165, 1.54) is 12.8 Å². The van der Waals surface area contributed by atoms with Gasteiger partial charge in [-0.05, 0) is 51.3 Å². The third-order valence-corrected chi connectivity index (χ3v) is 7.42.